The van der Waals surface area contributed by atoms with Crippen molar-refractivity contribution in [3.05, 3.63) is 34.6 Å². The molecule has 0 spiro atoms. The van der Waals surface area contributed by atoms with Crippen LogP contribution in [0.4, 0.5) is 4.39 Å². The van der Waals surface area contributed by atoms with Crippen molar-refractivity contribution < 1.29 is 9.18 Å². The number of carbonyl (C=O) groups is 1. The Morgan fingerprint density at radius 3 is 2.43 bits per heavy atom. The van der Waals surface area contributed by atoms with E-state index in [0.717, 1.165) is 42.7 Å². The van der Waals surface area contributed by atoms with Crippen molar-refractivity contribution >= 4 is 5.78 Å². The van der Waals surface area contributed by atoms with Crippen LogP contribution in [0.15, 0.2) is 12.1 Å². The van der Waals surface area contributed by atoms with Gasteiger partial charge >= 0.3 is 0 Å². The van der Waals surface area contributed by atoms with Crippen molar-refractivity contribution in [1.29, 1.82) is 0 Å². The molecule has 1 nitrogen and oxygen atoms in total. The summed E-state index contributed by atoms with van der Waals surface area (Å²) in [5.74, 6) is 0.487. The van der Waals surface area contributed by atoms with E-state index < -0.39 is 0 Å². The molecule has 0 N–H and O–H groups in total. The first-order chi connectivity index (χ1) is 10.0. The molecule has 2 rings (SSSR count). The van der Waals surface area contributed by atoms with Gasteiger partial charge in [0.05, 0.1) is 5.56 Å². The zero-order chi connectivity index (χ0) is 15.4. The molecule has 116 valence electrons. The first kappa shape index (κ1) is 16.2. The molecule has 0 amide bonds. The Bertz CT molecular complexity index is 475. The standard InChI is InChI=1S/C19H27FO/c1-4-5-6-15-7-9-16(10-8-15)19(21)18-14(3)11-13(2)12-17(18)20/h11-12,15-16H,4-10H2,1-3H3. The Morgan fingerprint density at radius 2 is 1.86 bits per heavy atom. The zero-order valence-corrected chi connectivity index (χ0v) is 13.5. The highest BCUT2D eigenvalue weighted by molar-refractivity contribution is 5.99. The Hall–Kier alpha value is -1.18. The second kappa shape index (κ2) is 7.20. The van der Waals surface area contributed by atoms with Crippen LogP contribution < -0.4 is 0 Å². The van der Waals surface area contributed by atoms with Gasteiger partial charge in [-0.05, 0) is 62.6 Å². The van der Waals surface area contributed by atoms with E-state index in [-0.39, 0.29) is 17.5 Å². The van der Waals surface area contributed by atoms with Gasteiger partial charge in [-0.25, -0.2) is 4.39 Å². The average molecular weight is 290 g/mol. The zero-order valence-electron chi connectivity index (χ0n) is 13.5. The van der Waals surface area contributed by atoms with E-state index in [1.165, 1.54) is 25.3 Å². The molecule has 2 heteroatoms. The lowest BCUT2D eigenvalue weighted by Gasteiger charge is -2.28. The molecule has 0 heterocycles. The van der Waals surface area contributed by atoms with Crippen LogP contribution in [0.5, 0.6) is 0 Å². The van der Waals surface area contributed by atoms with Crippen LogP contribution in [0, 0.1) is 31.5 Å². The molecule has 0 atom stereocenters. The van der Waals surface area contributed by atoms with Gasteiger partial charge in [0, 0.05) is 5.92 Å². The Labute approximate surface area is 127 Å². The SMILES string of the molecule is CCCCC1CCC(C(=O)c2c(C)cc(C)cc2F)CC1. The molecule has 1 saturated carbocycles. The predicted octanol–water partition coefficient (Wildman–Crippen LogP) is 5.62. The maximum absolute atomic E-state index is 14.1. The third-order valence-corrected chi connectivity index (χ3v) is 4.86. The predicted molar refractivity (Wildman–Crippen MR) is 85.2 cm³/mol. The summed E-state index contributed by atoms with van der Waals surface area (Å²) in [6.45, 7) is 5.93. The van der Waals surface area contributed by atoms with Gasteiger partial charge in [-0.1, -0.05) is 32.3 Å². The average Bonchev–Trinajstić information content (AvgIpc) is 2.44. The minimum Gasteiger partial charge on any atom is -0.294 e. The quantitative estimate of drug-likeness (QED) is 0.643. The van der Waals surface area contributed by atoms with Gasteiger partial charge < -0.3 is 0 Å². The lowest BCUT2D eigenvalue weighted by molar-refractivity contribution is 0.0864. The van der Waals surface area contributed by atoms with E-state index >= 15 is 0 Å². The summed E-state index contributed by atoms with van der Waals surface area (Å²) in [7, 11) is 0. The molecule has 21 heavy (non-hydrogen) atoms. The third kappa shape index (κ3) is 3.93. The lowest BCUT2D eigenvalue weighted by Crippen LogP contribution is -2.23. The summed E-state index contributed by atoms with van der Waals surface area (Å²) in [4.78, 5) is 12.6. The second-order valence-corrected chi connectivity index (χ2v) is 6.66. The summed E-state index contributed by atoms with van der Waals surface area (Å²) in [5.41, 5.74) is 1.99. The number of rotatable bonds is 5. The number of aryl methyl sites for hydroxylation is 2. The van der Waals surface area contributed by atoms with Crippen molar-refractivity contribution in [2.75, 3.05) is 0 Å². The molecule has 1 aliphatic carbocycles. The molecule has 0 saturated heterocycles. The van der Waals surface area contributed by atoms with Gasteiger partial charge in [0.25, 0.3) is 0 Å². The number of halogens is 1. The van der Waals surface area contributed by atoms with Crippen LogP contribution in [0.25, 0.3) is 0 Å². The highest BCUT2D eigenvalue weighted by atomic mass is 19.1. The first-order valence-electron chi connectivity index (χ1n) is 8.33. The van der Waals surface area contributed by atoms with Crippen molar-refractivity contribution in [2.45, 2.75) is 65.7 Å². The van der Waals surface area contributed by atoms with Crippen LogP contribution in [-0.2, 0) is 0 Å². The number of hydrogen-bond acceptors (Lipinski definition) is 1. The minimum atomic E-state index is -0.342. The number of benzene rings is 1. The molecule has 0 aromatic heterocycles. The molecule has 0 aliphatic heterocycles. The minimum absolute atomic E-state index is 0.0267. The highest BCUT2D eigenvalue weighted by Crippen LogP contribution is 2.34. The molecule has 1 fully saturated rings. The largest absolute Gasteiger partial charge is 0.294 e. The molecule has 0 radical (unpaired) electrons. The second-order valence-electron chi connectivity index (χ2n) is 6.66. The topological polar surface area (TPSA) is 17.1 Å². The van der Waals surface area contributed by atoms with E-state index in [0.29, 0.717) is 5.56 Å². The summed E-state index contributed by atoms with van der Waals surface area (Å²) in [6, 6.07) is 3.39. The number of Topliss-reactive ketones (excluding diaryl/α,β-unsaturated/α-hetero) is 1. The van der Waals surface area contributed by atoms with Crippen LogP contribution in [-0.4, -0.2) is 5.78 Å². The molecule has 1 aromatic carbocycles. The van der Waals surface area contributed by atoms with E-state index in [4.69, 9.17) is 0 Å². The van der Waals surface area contributed by atoms with Crippen LogP contribution in [0.2, 0.25) is 0 Å². The monoisotopic (exact) mass is 290 g/mol. The Balaban J connectivity index is 2.02. The van der Waals surface area contributed by atoms with E-state index in [1.807, 2.05) is 19.9 Å². The van der Waals surface area contributed by atoms with Gasteiger partial charge in [0.15, 0.2) is 5.78 Å². The first-order valence-corrected chi connectivity index (χ1v) is 8.33. The van der Waals surface area contributed by atoms with Crippen LogP contribution in [0.1, 0.15) is 73.4 Å². The summed E-state index contributed by atoms with van der Waals surface area (Å²) < 4.78 is 14.1. The third-order valence-electron chi connectivity index (χ3n) is 4.86. The maximum atomic E-state index is 14.1. The summed E-state index contributed by atoms with van der Waals surface area (Å²) in [5, 5.41) is 0. The van der Waals surface area contributed by atoms with Gasteiger partial charge in [0.2, 0.25) is 0 Å². The normalized spacial score (nSPS) is 22.3. The molecule has 0 bridgehead atoms. The van der Waals surface area contributed by atoms with Gasteiger partial charge in [-0.3, -0.25) is 4.79 Å². The van der Waals surface area contributed by atoms with E-state index in [2.05, 4.69) is 6.92 Å². The summed E-state index contributed by atoms with van der Waals surface area (Å²) in [6.07, 6.45) is 7.93. The molecule has 1 aliphatic rings. The number of carbonyl (C=O) groups excluding carboxylic acids is 1. The van der Waals surface area contributed by atoms with Gasteiger partial charge in [-0.15, -0.1) is 0 Å². The van der Waals surface area contributed by atoms with Crippen molar-refractivity contribution in [1.82, 2.24) is 0 Å². The highest BCUT2D eigenvalue weighted by Gasteiger charge is 2.29. The Morgan fingerprint density at radius 1 is 1.19 bits per heavy atom. The van der Waals surface area contributed by atoms with Crippen molar-refractivity contribution in [3.63, 3.8) is 0 Å². The van der Waals surface area contributed by atoms with Crippen LogP contribution in [0.3, 0.4) is 0 Å². The smallest absolute Gasteiger partial charge is 0.169 e. The van der Waals surface area contributed by atoms with E-state index in [9.17, 15) is 9.18 Å². The van der Waals surface area contributed by atoms with Crippen LogP contribution >= 0.6 is 0 Å². The molecule has 1 aromatic rings. The van der Waals surface area contributed by atoms with Gasteiger partial charge in [0.1, 0.15) is 5.82 Å². The molecular formula is C19H27FO. The molecular weight excluding hydrogens is 263 g/mol. The fourth-order valence-electron chi connectivity index (χ4n) is 3.64. The lowest BCUT2D eigenvalue weighted by atomic mass is 9.76. The fraction of sp³-hybridized carbons (Fsp3) is 0.632. The van der Waals surface area contributed by atoms with E-state index in [1.54, 1.807) is 0 Å². The maximum Gasteiger partial charge on any atom is 0.169 e. The van der Waals surface area contributed by atoms with Gasteiger partial charge in [-0.2, -0.15) is 0 Å². The van der Waals surface area contributed by atoms with Crippen molar-refractivity contribution in [3.8, 4) is 0 Å². The molecule has 0 unspecified atom stereocenters. The fourth-order valence-corrected chi connectivity index (χ4v) is 3.64. The number of unbranched alkanes of at least 4 members (excludes halogenated alkanes) is 1. The Kier molecular flexibility index (Phi) is 5.55. The number of hydrogen-bond donors (Lipinski definition) is 0. The van der Waals surface area contributed by atoms with Crippen molar-refractivity contribution in [2.24, 2.45) is 11.8 Å². The summed E-state index contributed by atoms with van der Waals surface area (Å²) >= 11 is 0. The number of ketones is 1.